The van der Waals surface area contributed by atoms with Crippen LogP contribution in [-0.2, 0) is 11.2 Å². The molecule has 1 heterocycles. The number of fused-ring (bicyclic) bond motifs is 1. The molecular formula is C17H19N3O. The summed E-state index contributed by atoms with van der Waals surface area (Å²) in [5.41, 5.74) is 7.36. The van der Waals surface area contributed by atoms with Crippen LogP contribution in [0.2, 0.25) is 0 Å². The molecule has 0 radical (unpaired) electrons. The first-order chi connectivity index (χ1) is 10.2. The summed E-state index contributed by atoms with van der Waals surface area (Å²) in [5.74, 6) is 0.105. The first-order valence-electron chi connectivity index (χ1n) is 7.53. The predicted molar refractivity (Wildman–Crippen MR) is 81.6 cm³/mol. The molecule has 1 aromatic heterocycles. The lowest BCUT2D eigenvalue weighted by Gasteiger charge is -2.37. The third kappa shape index (κ3) is 2.20. The molecule has 1 amide bonds. The van der Waals surface area contributed by atoms with Gasteiger partial charge in [-0.2, -0.15) is 0 Å². The number of pyridine rings is 1. The zero-order chi connectivity index (χ0) is 14.4. The Bertz CT molecular complexity index is 701. The van der Waals surface area contributed by atoms with Crippen LogP contribution < -0.4 is 11.1 Å². The average molecular weight is 281 g/mol. The number of benzene rings is 1. The second-order valence-corrected chi connectivity index (χ2v) is 6.54. The molecule has 3 N–H and O–H groups in total. The Labute approximate surface area is 123 Å². The minimum absolute atomic E-state index is 0.105. The van der Waals surface area contributed by atoms with Crippen molar-refractivity contribution in [3.63, 3.8) is 0 Å². The van der Waals surface area contributed by atoms with Crippen molar-refractivity contribution in [3.05, 3.63) is 42.2 Å². The summed E-state index contributed by atoms with van der Waals surface area (Å²) in [7, 11) is 0. The molecule has 2 aliphatic carbocycles. The Balaban J connectivity index is 1.42. The Kier molecular flexibility index (Phi) is 2.76. The largest absolute Gasteiger partial charge is 0.353 e. The SMILES string of the molecule is NC1CC12CC(NC(=O)Cc1cccc3cnccc13)C2. The van der Waals surface area contributed by atoms with E-state index >= 15 is 0 Å². The lowest BCUT2D eigenvalue weighted by molar-refractivity contribution is -0.122. The Hall–Kier alpha value is -1.94. The predicted octanol–water partition coefficient (Wildman–Crippen LogP) is 1.77. The average Bonchev–Trinajstić information content (AvgIpc) is 3.10. The smallest absolute Gasteiger partial charge is 0.224 e. The van der Waals surface area contributed by atoms with Gasteiger partial charge in [0.05, 0.1) is 6.42 Å². The van der Waals surface area contributed by atoms with E-state index in [2.05, 4.69) is 10.3 Å². The quantitative estimate of drug-likeness (QED) is 0.901. The third-order valence-electron chi connectivity index (χ3n) is 5.05. The highest BCUT2D eigenvalue weighted by Gasteiger charge is 2.60. The van der Waals surface area contributed by atoms with E-state index in [1.165, 1.54) is 0 Å². The molecule has 2 aromatic rings. The monoisotopic (exact) mass is 281 g/mol. The summed E-state index contributed by atoms with van der Waals surface area (Å²) in [6, 6.07) is 8.68. The highest BCUT2D eigenvalue weighted by atomic mass is 16.1. The summed E-state index contributed by atoms with van der Waals surface area (Å²) in [4.78, 5) is 16.3. The van der Waals surface area contributed by atoms with E-state index in [0.29, 0.717) is 23.9 Å². The van der Waals surface area contributed by atoms with E-state index in [0.717, 1.165) is 35.6 Å². The summed E-state index contributed by atoms with van der Waals surface area (Å²) in [6.45, 7) is 0. The number of nitrogens with two attached hydrogens (primary N) is 1. The van der Waals surface area contributed by atoms with Gasteiger partial charge in [0.15, 0.2) is 0 Å². The van der Waals surface area contributed by atoms with Gasteiger partial charge in [0.1, 0.15) is 0 Å². The number of nitrogens with zero attached hydrogens (tertiary/aromatic N) is 1. The van der Waals surface area contributed by atoms with Crippen molar-refractivity contribution in [3.8, 4) is 0 Å². The number of nitrogens with one attached hydrogen (secondary N) is 1. The molecule has 2 fully saturated rings. The maximum absolute atomic E-state index is 12.2. The van der Waals surface area contributed by atoms with Crippen LogP contribution in [0.5, 0.6) is 0 Å². The van der Waals surface area contributed by atoms with E-state index < -0.39 is 0 Å². The molecule has 2 aliphatic rings. The van der Waals surface area contributed by atoms with E-state index in [4.69, 9.17) is 5.73 Å². The normalized spacial score (nSPS) is 30.1. The van der Waals surface area contributed by atoms with Gasteiger partial charge in [-0.1, -0.05) is 18.2 Å². The van der Waals surface area contributed by atoms with Gasteiger partial charge in [0.25, 0.3) is 0 Å². The summed E-state index contributed by atoms with van der Waals surface area (Å²) in [6.07, 6.45) is 7.28. The maximum atomic E-state index is 12.2. The minimum Gasteiger partial charge on any atom is -0.353 e. The van der Waals surface area contributed by atoms with Gasteiger partial charge in [-0.15, -0.1) is 0 Å². The van der Waals surface area contributed by atoms with E-state index in [-0.39, 0.29) is 5.91 Å². The number of amides is 1. The lowest BCUT2D eigenvalue weighted by Crippen LogP contribution is -2.47. The number of aromatic nitrogens is 1. The molecule has 0 saturated heterocycles. The maximum Gasteiger partial charge on any atom is 0.224 e. The Morgan fingerprint density at radius 3 is 2.90 bits per heavy atom. The number of hydrogen-bond donors (Lipinski definition) is 2. The standard InChI is InChI=1S/C17H19N3O/c18-15-9-17(15)7-13(8-17)20-16(21)6-11-2-1-3-12-10-19-5-4-14(11)12/h1-5,10,13,15H,6-9,18H2,(H,20,21). The van der Waals surface area contributed by atoms with Crippen LogP contribution in [0.1, 0.15) is 24.8 Å². The van der Waals surface area contributed by atoms with Gasteiger partial charge in [0, 0.05) is 29.9 Å². The molecule has 2 saturated carbocycles. The molecule has 0 aliphatic heterocycles. The first kappa shape index (κ1) is 12.8. The summed E-state index contributed by atoms with van der Waals surface area (Å²) < 4.78 is 0. The number of rotatable bonds is 3. The number of carbonyl (C=O) groups excluding carboxylic acids is 1. The fourth-order valence-corrected chi connectivity index (χ4v) is 3.67. The van der Waals surface area contributed by atoms with E-state index in [1.807, 2.05) is 30.5 Å². The van der Waals surface area contributed by atoms with Crippen molar-refractivity contribution < 1.29 is 4.79 Å². The van der Waals surface area contributed by atoms with Crippen molar-refractivity contribution >= 4 is 16.7 Å². The third-order valence-corrected chi connectivity index (χ3v) is 5.05. The highest BCUT2D eigenvalue weighted by Crippen LogP contribution is 2.59. The summed E-state index contributed by atoms with van der Waals surface area (Å²) >= 11 is 0. The van der Waals surface area contributed by atoms with Gasteiger partial charge >= 0.3 is 0 Å². The van der Waals surface area contributed by atoms with Crippen LogP contribution in [0.3, 0.4) is 0 Å². The first-order valence-corrected chi connectivity index (χ1v) is 7.53. The van der Waals surface area contributed by atoms with Gasteiger partial charge in [-0.25, -0.2) is 0 Å². The Morgan fingerprint density at radius 1 is 1.33 bits per heavy atom. The molecule has 1 aromatic carbocycles. The molecular weight excluding hydrogens is 262 g/mol. The van der Waals surface area contributed by atoms with Crippen LogP contribution in [0.15, 0.2) is 36.7 Å². The van der Waals surface area contributed by atoms with Crippen LogP contribution >= 0.6 is 0 Å². The van der Waals surface area contributed by atoms with Gasteiger partial charge in [-0.05, 0) is 41.7 Å². The van der Waals surface area contributed by atoms with Crippen LogP contribution in [0, 0.1) is 5.41 Å². The van der Waals surface area contributed by atoms with Gasteiger partial charge < -0.3 is 11.1 Å². The van der Waals surface area contributed by atoms with Crippen molar-refractivity contribution in [2.75, 3.05) is 0 Å². The van der Waals surface area contributed by atoms with E-state index in [1.54, 1.807) is 6.20 Å². The topological polar surface area (TPSA) is 68.0 Å². The van der Waals surface area contributed by atoms with Crippen LogP contribution in [0.25, 0.3) is 10.8 Å². The second kappa shape index (κ2) is 4.53. The molecule has 1 atom stereocenters. The summed E-state index contributed by atoms with van der Waals surface area (Å²) in [5, 5.41) is 5.32. The van der Waals surface area contributed by atoms with Gasteiger partial charge in [0.2, 0.25) is 5.91 Å². The van der Waals surface area contributed by atoms with Crippen molar-refractivity contribution in [2.24, 2.45) is 11.1 Å². The lowest BCUT2D eigenvalue weighted by atomic mass is 9.76. The Morgan fingerprint density at radius 2 is 2.14 bits per heavy atom. The molecule has 4 rings (SSSR count). The van der Waals surface area contributed by atoms with Gasteiger partial charge in [-0.3, -0.25) is 9.78 Å². The molecule has 0 bridgehead atoms. The number of carbonyl (C=O) groups is 1. The highest BCUT2D eigenvalue weighted by molar-refractivity contribution is 5.89. The fourth-order valence-electron chi connectivity index (χ4n) is 3.67. The number of hydrogen-bond acceptors (Lipinski definition) is 3. The molecule has 1 unspecified atom stereocenters. The molecule has 108 valence electrons. The second-order valence-electron chi connectivity index (χ2n) is 6.54. The van der Waals surface area contributed by atoms with E-state index in [9.17, 15) is 4.79 Å². The van der Waals surface area contributed by atoms with Crippen molar-refractivity contribution in [2.45, 2.75) is 37.8 Å². The van der Waals surface area contributed by atoms with Crippen molar-refractivity contribution in [1.29, 1.82) is 0 Å². The van der Waals surface area contributed by atoms with Crippen molar-refractivity contribution in [1.82, 2.24) is 10.3 Å². The fraction of sp³-hybridized carbons (Fsp3) is 0.412. The minimum atomic E-state index is 0.105. The zero-order valence-electron chi connectivity index (χ0n) is 11.9. The molecule has 4 heteroatoms. The molecule has 21 heavy (non-hydrogen) atoms. The molecule has 4 nitrogen and oxygen atoms in total. The molecule has 1 spiro atoms. The zero-order valence-corrected chi connectivity index (χ0v) is 11.9. The van der Waals surface area contributed by atoms with Crippen LogP contribution in [0.4, 0.5) is 0 Å². The van der Waals surface area contributed by atoms with Crippen LogP contribution in [-0.4, -0.2) is 23.0 Å².